The molecule has 9 heteroatoms. The van der Waals surface area contributed by atoms with Gasteiger partial charge in [0.25, 0.3) is 5.91 Å². The molecule has 1 N–H and O–H groups in total. The number of piperazine rings is 1. The standard InChI is InChI=1S/C23H24FN5O2S/c1-15-4-3-5-17(12-15)21-25-26-23(32)29(21)14-20(30)27-8-10-28(11-9-27)22(31)18-7-6-16(2)19(24)13-18/h3-7,12-13H,8-11,14H2,1-2H3,(H,26,32). The molecule has 7 nitrogen and oxygen atoms in total. The number of halogens is 1. The Morgan fingerprint density at radius 1 is 1.06 bits per heavy atom. The van der Waals surface area contributed by atoms with Crippen LogP contribution in [-0.4, -0.2) is 62.6 Å². The average molecular weight is 454 g/mol. The van der Waals surface area contributed by atoms with Gasteiger partial charge in [0.05, 0.1) is 0 Å². The van der Waals surface area contributed by atoms with E-state index in [4.69, 9.17) is 12.2 Å². The number of amides is 2. The smallest absolute Gasteiger partial charge is 0.254 e. The first-order valence-corrected chi connectivity index (χ1v) is 10.8. The van der Waals surface area contributed by atoms with Gasteiger partial charge < -0.3 is 9.80 Å². The average Bonchev–Trinajstić information content (AvgIpc) is 3.15. The van der Waals surface area contributed by atoms with Crippen LogP contribution in [0.3, 0.4) is 0 Å². The van der Waals surface area contributed by atoms with E-state index in [1.165, 1.54) is 6.07 Å². The molecule has 166 valence electrons. The van der Waals surface area contributed by atoms with Crippen LogP contribution in [0.2, 0.25) is 0 Å². The molecule has 1 aromatic heterocycles. The second kappa shape index (κ2) is 9.04. The number of nitrogens with zero attached hydrogens (tertiary/aromatic N) is 4. The van der Waals surface area contributed by atoms with Crippen LogP contribution in [0.15, 0.2) is 42.5 Å². The molecule has 3 aromatic rings. The van der Waals surface area contributed by atoms with Crippen LogP contribution in [0, 0.1) is 24.4 Å². The number of hydrogen-bond donors (Lipinski definition) is 1. The maximum absolute atomic E-state index is 13.8. The number of benzene rings is 2. The van der Waals surface area contributed by atoms with Gasteiger partial charge in [-0.3, -0.25) is 19.3 Å². The molecule has 2 aromatic carbocycles. The molecule has 0 bridgehead atoms. The molecule has 2 heterocycles. The molecule has 2 amide bonds. The molecule has 1 aliphatic heterocycles. The van der Waals surface area contributed by atoms with Crippen LogP contribution in [0.25, 0.3) is 11.4 Å². The minimum atomic E-state index is -0.397. The highest BCUT2D eigenvalue weighted by Gasteiger charge is 2.26. The quantitative estimate of drug-likeness (QED) is 0.615. The van der Waals surface area contributed by atoms with Gasteiger partial charge in [-0.25, -0.2) is 4.39 Å². The number of nitrogens with one attached hydrogen (secondary N) is 1. The van der Waals surface area contributed by atoms with Gasteiger partial charge in [0, 0.05) is 37.3 Å². The molecule has 0 aliphatic carbocycles. The van der Waals surface area contributed by atoms with Gasteiger partial charge in [0.2, 0.25) is 5.91 Å². The Bertz CT molecular complexity index is 1230. The second-order valence-corrected chi connectivity index (χ2v) is 8.33. The van der Waals surface area contributed by atoms with Crippen LogP contribution >= 0.6 is 12.2 Å². The number of aromatic amines is 1. The van der Waals surface area contributed by atoms with E-state index in [2.05, 4.69) is 10.2 Å². The van der Waals surface area contributed by atoms with Crippen LogP contribution in [0.5, 0.6) is 0 Å². The zero-order valence-electron chi connectivity index (χ0n) is 18.0. The monoisotopic (exact) mass is 453 g/mol. The third kappa shape index (κ3) is 4.47. The van der Waals surface area contributed by atoms with E-state index in [0.29, 0.717) is 47.9 Å². The van der Waals surface area contributed by atoms with E-state index in [1.807, 2.05) is 31.2 Å². The minimum Gasteiger partial charge on any atom is -0.338 e. The normalized spacial score (nSPS) is 14.0. The number of aromatic nitrogens is 3. The fraction of sp³-hybridized carbons (Fsp3) is 0.304. The van der Waals surface area contributed by atoms with Crippen molar-refractivity contribution in [2.45, 2.75) is 20.4 Å². The largest absolute Gasteiger partial charge is 0.338 e. The fourth-order valence-electron chi connectivity index (χ4n) is 3.77. The Morgan fingerprint density at radius 3 is 2.47 bits per heavy atom. The fourth-order valence-corrected chi connectivity index (χ4v) is 3.97. The van der Waals surface area contributed by atoms with E-state index in [0.717, 1.165) is 11.1 Å². The lowest BCUT2D eigenvalue weighted by Gasteiger charge is -2.35. The number of carbonyl (C=O) groups is 2. The summed E-state index contributed by atoms with van der Waals surface area (Å²) in [7, 11) is 0. The van der Waals surface area contributed by atoms with Gasteiger partial charge in [-0.1, -0.05) is 29.8 Å². The number of H-pyrrole nitrogens is 1. The summed E-state index contributed by atoms with van der Waals surface area (Å²) in [6.07, 6.45) is 0. The predicted molar refractivity (Wildman–Crippen MR) is 121 cm³/mol. The summed E-state index contributed by atoms with van der Waals surface area (Å²) >= 11 is 5.34. The summed E-state index contributed by atoms with van der Waals surface area (Å²) in [6, 6.07) is 12.3. The molecule has 4 rings (SSSR count). The number of rotatable bonds is 4. The summed E-state index contributed by atoms with van der Waals surface area (Å²) in [5.74, 6) is -0.104. The Kier molecular flexibility index (Phi) is 6.18. The third-order valence-corrected chi connectivity index (χ3v) is 5.98. The van der Waals surface area contributed by atoms with Gasteiger partial charge in [0.1, 0.15) is 12.4 Å². The molecule has 0 spiro atoms. The van der Waals surface area contributed by atoms with Gasteiger partial charge in [-0.15, -0.1) is 0 Å². The molecule has 1 fully saturated rings. The Labute approximate surface area is 190 Å². The van der Waals surface area contributed by atoms with Crippen molar-refractivity contribution >= 4 is 24.0 Å². The SMILES string of the molecule is Cc1cccc(-c2n[nH]c(=S)n2CC(=O)N2CCN(C(=O)c3ccc(C)c(F)c3)CC2)c1. The van der Waals surface area contributed by atoms with E-state index >= 15 is 0 Å². The molecular weight excluding hydrogens is 429 g/mol. The summed E-state index contributed by atoms with van der Waals surface area (Å²) < 4.78 is 15.9. The van der Waals surface area contributed by atoms with Crippen molar-refractivity contribution in [2.24, 2.45) is 0 Å². The Morgan fingerprint density at radius 2 is 1.78 bits per heavy atom. The molecule has 0 atom stereocenters. The third-order valence-electron chi connectivity index (χ3n) is 5.67. The van der Waals surface area contributed by atoms with Crippen LogP contribution in [0.4, 0.5) is 4.39 Å². The second-order valence-electron chi connectivity index (χ2n) is 7.94. The molecule has 1 aliphatic rings. The van der Waals surface area contributed by atoms with E-state index in [-0.39, 0.29) is 18.4 Å². The molecule has 0 saturated carbocycles. The van der Waals surface area contributed by atoms with Crippen molar-refractivity contribution in [3.63, 3.8) is 0 Å². The van der Waals surface area contributed by atoms with Gasteiger partial charge in [-0.2, -0.15) is 5.10 Å². The highest BCUT2D eigenvalue weighted by atomic mass is 32.1. The van der Waals surface area contributed by atoms with Crippen LogP contribution < -0.4 is 0 Å². The summed E-state index contributed by atoms with van der Waals surface area (Å²) in [4.78, 5) is 29.0. The number of aryl methyl sites for hydroxylation is 2. The summed E-state index contributed by atoms with van der Waals surface area (Å²) in [6.45, 7) is 5.31. The van der Waals surface area contributed by atoms with Crippen molar-refractivity contribution in [1.82, 2.24) is 24.6 Å². The first-order chi connectivity index (χ1) is 15.3. The lowest BCUT2D eigenvalue weighted by atomic mass is 10.1. The lowest BCUT2D eigenvalue weighted by Crippen LogP contribution is -2.51. The van der Waals surface area contributed by atoms with Crippen molar-refractivity contribution in [2.75, 3.05) is 26.2 Å². The van der Waals surface area contributed by atoms with E-state index in [9.17, 15) is 14.0 Å². The topological polar surface area (TPSA) is 74.2 Å². The van der Waals surface area contributed by atoms with Crippen molar-refractivity contribution in [3.05, 3.63) is 69.7 Å². The van der Waals surface area contributed by atoms with E-state index < -0.39 is 5.82 Å². The van der Waals surface area contributed by atoms with Crippen molar-refractivity contribution in [3.8, 4) is 11.4 Å². The minimum absolute atomic E-state index is 0.0652. The van der Waals surface area contributed by atoms with Crippen molar-refractivity contribution < 1.29 is 14.0 Å². The highest BCUT2D eigenvalue weighted by Crippen LogP contribution is 2.19. The van der Waals surface area contributed by atoms with Gasteiger partial charge >= 0.3 is 0 Å². The first kappa shape index (κ1) is 21.9. The number of carbonyl (C=O) groups excluding carboxylic acids is 2. The van der Waals surface area contributed by atoms with Gasteiger partial charge in [0.15, 0.2) is 10.6 Å². The Hall–Kier alpha value is -3.33. The molecule has 32 heavy (non-hydrogen) atoms. The highest BCUT2D eigenvalue weighted by molar-refractivity contribution is 7.71. The lowest BCUT2D eigenvalue weighted by molar-refractivity contribution is -0.133. The molecular formula is C23H24FN5O2S. The zero-order chi connectivity index (χ0) is 22.8. The van der Waals surface area contributed by atoms with Gasteiger partial charge in [-0.05, 0) is 49.8 Å². The maximum Gasteiger partial charge on any atom is 0.254 e. The Balaban J connectivity index is 1.41. The molecule has 0 radical (unpaired) electrons. The van der Waals surface area contributed by atoms with Crippen molar-refractivity contribution in [1.29, 1.82) is 0 Å². The predicted octanol–water partition coefficient (Wildman–Crippen LogP) is 3.35. The molecule has 1 saturated heterocycles. The summed E-state index contributed by atoms with van der Waals surface area (Å²) in [5.41, 5.74) is 2.79. The zero-order valence-corrected chi connectivity index (χ0v) is 18.8. The van der Waals surface area contributed by atoms with E-state index in [1.54, 1.807) is 33.4 Å². The summed E-state index contributed by atoms with van der Waals surface area (Å²) in [5, 5.41) is 7.07. The molecule has 0 unspecified atom stereocenters. The maximum atomic E-state index is 13.8. The van der Waals surface area contributed by atoms with Crippen LogP contribution in [-0.2, 0) is 11.3 Å². The number of hydrogen-bond acceptors (Lipinski definition) is 4. The first-order valence-electron chi connectivity index (χ1n) is 10.4. The van der Waals surface area contributed by atoms with Crippen LogP contribution in [0.1, 0.15) is 21.5 Å².